The average Bonchev–Trinajstić information content (AvgIpc) is 2.75. The van der Waals surface area contributed by atoms with Gasteiger partial charge < -0.3 is 14.4 Å². The van der Waals surface area contributed by atoms with Crippen molar-refractivity contribution in [2.24, 2.45) is 0 Å². The van der Waals surface area contributed by atoms with Crippen LogP contribution in [0.25, 0.3) is 11.1 Å². The number of hydrogen-bond acceptors (Lipinski definition) is 3. The van der Waals surface area contributed by atoms with E-state index < -0.39 is 0 Å². The largest absolute Gasteiger partial charge is 0.494 e. The lowest BCUT2D eigenvalue weighted by molar-refractivity contribution is 0.300. The quantitative estimate of drug-likeness (QED) is 0.308. The van der Waals surface area contributed by atoms with Crippen LogP contribution < -0.4 is 9.47 Å². The van der Waals surface area contributed by atoms with Gasteiger partial charge in [-0.1, -0.05) is 62.9 Å². The standard InChI is InChI=1S/C26H39NO2/c1-4-6-19-27(3)20-12-8-7-9-13-21-29-26-18-11-10-17-25(26)23-15-14-16-24(22-23)28-5-2/h10-11,14-18,22H,4-9,12-13,19-21H2,1-3H3. The van der Waals surface area contributed by atoms with Gasteiger partial charge in [0.1, 0.15) is 11.5 Å². The van der Waals surface area contributed by atoms with Crippen molar-refractivity contribution in [3.8, 4) is 22.6 Å². The normalized spacial score (nSPS) is 11.0. The van der Waals surface area contributed by atoms with Crippen LogP contribution in [0.3, 0.4) is 0 Å². The molecular weight excluding hydrogens is 358 g/mol. The molecule has 160 valence electrons. The maximum Gasteiger partial charge on any atom is 0.127 e. The van der Waals surface area contributed by atoms with Crippen molar-refractivity contribution < 1.29 is 9.47 Å². The van der Waals surface area contributed by atoms with Crippen LogP contribution in [0, 0.1) is 0 Å². The van der Waals surface area contributed by atoms with Gasteiger partial charge in [0.2, 0.25) is 0 Å². The first-order valence-electron chi connectivity index (χ1n) is 11.4. The zero-order valence-electron chi connectivity index (χ0n) is 18.7. The molecule has 0 atom stereocenters. The van der Waals surface area contributed by atoms with Crippen LogP contribution in [0.15, 0.2) is 48.5 Å². The van der Waals surface area contributed by atoms with Gasteiger partial charge >= 0.3 is 0 Å². The minimum atomic E-state index is 0.677. The summed E-state index contributed by atoms with van der Waals surface area (Å²) >= 11 is 0. The molecule has 0 aliphatic rings. The van der Waals surface area contributed by atoms with Crippen LogP contribution in [0.4, 0.5) is 0 Å². The second kappa shape index (κ2) is 14.1. The van der Waals surface area contributed by atoms with Gasteiger partial charge in [-0.15, -0.1) is 0 Å². The molecule has 0 saturated carbocycles. The van der Waals surface area contributed by atoms with Crippen molar-refractivity contribution in [2.75, 3.05) is 33.4 Å². The van der Waals surface area contributed by atoms with Crippen molar-refractivity contribution in [1.29, 1.82) is 0 Å². The number of rotatable bonds is 15. The van der Waals surface area contributed by atoms with E-state index in [9.17, 15) is 0 Å². The molecule has 0 spiro atoms. The summed E-state index contributed by atoms with van der Waals surface area (Å²) in [7, 11) is 2.24. The van der Waals surface area contributed by atoms with E-state index in [1.807, 2.05) is 25.1 Å². The van der Waals surface area contributed by atoms with Gasteiger partial charge in [-0.3, -0.25) is 0 Å². The van der Waals surface area contributed by atoms with Gasteiger partial charge in [0, 0.05) is 5.56 Å². The predicted octanol–water partition coefficient (Wildman–Crippen LogP) is 6.81. The second-order valence-corrected chi connectivity index (χ2v) is 7.73. The van der Waals surface area contributed by atoms with Gasteiger partial charge in [0.05, 0.1) is 13.2 Å². The zero-order valence-corrected chi connectivity index (χ0v) is 18.7. The van der Waals surface area contributed by atoms with Crippen LogP contribution >= 0.6 is 0 Å². The van der Waals surface area contributed by atoms with E-state index in [2.05, 4.69) is 49.2 Å². The third-order valence-electron chi connectivity index (χ3n) is 5.18. The molecule has 0 bridgehead atoms. The molecule has 0 amide bonds. The van der Waals surface area contributed by atoms with E-state index in [1.165, 1.54) is 51.6 Å². The summed E-state index contributed by atoms with van der Waals surface area (Å²) < 4.78 is 11.8. The molecule has 0 aliphatic heterocycles. The fourth-order valence-corrected chi connectivity index (χ4v) is 3.49. The van der Waals surface area contributed by atoms with E-state index >= 15 is 0 Å². The number of hydrogen-bond donors (Lipinski definition) is 0. The third kappa shape index (κ3) is 8.91. The van der Waals surface area contributed by atoms with E-state index in [1.54, 1.807) is 0 Å². The second-order valence-electron chi connectivity index (χ2n) is 7.73. The molecule has 0 radical (unpaired) electrons. The molecule has 0 fully saturated rings. The Morgan fingerprint density at radius 1 is 0.759 bits per heavy atom. The van der Waals surface area contributed by atoms with Crippen LogP contribution in [0.2, 0.25) is 0 Å². The Bertz CT molecular complexity index is 686. The highest BCUT2D eigenvalue weighted by atomic mass is 16.5. The number of benzene rings is 2. The van der Waals surface area contributed by atoms with Gasteiger partial charge in [-0.05, 0) is 70.1 Å². The average molecular weight is 398 g/mol. The molecule has 2 aromatic carbocycles. The number of para-hydroxylation sites is 1. The molecular formula is C26H39NO2. The fraction of sp³-hybridized carbons (Fsp3) is 0.538. The lowest BCUT2D eigenvalue weighted by atomic mass is 10.0. The summed E-state index contributed by atoms with van der Waals surface area (Å²) in [6.45, 7) is 8.18. The first kappa shape index (κ1) is 23.3. The first-order valence-corrected chi connectivity index (χ1v) is 11.4. The summed E-state index contributed by atoms with van der Waals surface area (Å²) in [5.74, 6) is 1.86. The number of nitrogens with zero attached hydrogens (tertiary/aromatic N) is 1. The monoisotopic (exact) mass is 397 g/mol. The Labute approximate surface area is 178 Å². The van der Waals surface area contributed by atoms with Crippen molar-refractivity contribution in [1.82, 2.24) is 4.90 Å². The Morgan fingerprint density at radius 3 is 2.34 bits per heavy atom. The lowest BCUT2D eigenvalue weighted by Gasteiger charge is -2.15. The molecule has 3 heteroatoms. The highest BCUT2D eigenvalue weighted by Gasteiger charge is 2.07. The van der Waals surface area contributed by atoms with Crippen molar-refractivity contribution in [3.63, 3.8) is 0 Å². The predicted molar refractivity (Wildman–Crippen MR) is 124 cm³/mol. The van der Waals surface area contributed by atoms with Crippen LogP contribution in [0.1, 0.15) is 58.8 Å². The van der Waals surface area contributed by atoms with Gasteiger partial charge in [-0.25, -0.2) is 0 Å². The molecule has 0 heterocycles. The van der Waals surface area contributed by atoms with Gasteiger partial charge in [0.15, 0.2) is 0 Å². The number of ether oxygens (including phenoxy) is 2. The first-order chi connectivity index (χ1) is 14.2. The van der Waals surface area contributed by atoms with Crippen LogP contribution in [-0.4, -0.2) is 38.3 Å². The Balaban J connectivity index is 1.70. The lowest BCUT2D eigenvalue weighted by Crippen LogP contribution is -2.20. The molecule has 0 aromatic heterocycles. The molecule has 0 aliphatic carbocycles. The summed E-state index contributed by atoms with van der Waals surface area (Å²) in [4.78, 5) is 2.46. The van der Waals surface area contributed by atoms with E-state index in [0.717, 1.165) is 35.7 Å². The zero-order chi connectivity index (χ0) is 20.7. The molecule has 29 heavy (non-hydrogen) atoms. The minimum Gasteiger partial charge on any atom is -0.494 e. The van der Waals surface area contributed by atoms with Crippen LogP contribution in [-0.2, 0) is 0 Å². The fourth-order valence-electron chi connectivity index (χ4n) is 3.49. The smallest absolute Gasteiger partial charge is 0.127 e. The SMILES string of the molecule is CCCCN(C)CCCCCCCOc1ccccc1-c1cccc(OCC)c1. The minimum absolute atomic E-state index is 0.677. The van der Waals surface area contributed by atoms with E-state index in [0.29, 0.717) is 6.61 Å². The summed E-state index contributed by atoms with van der Waals surface area (Å²) in [5, 5.41) is 0. The topological polar surface area (TPSA) is 21.7 Å². The summed E-state index contributed by atoms with van der Waals surface area (Å²) in [6.07, 6.45) is 8.86. The Kier molecular flexibility index (Phi) is 11.3. The maximum atomic E-state index is 6.13. The molecule has 2 rings (SSSR count). The molecule has 2 aromatic rings. The molecule has 0 unspecified atom stereocenters. The van der Waals surface area contributed by atoms with Crippen molar-refractivity contribution in [3.05, 3.63) is 48.5 Å². The molecule has 0 saturated heterocycles. The van der Waals surface area contributed by atoms with Crippen molar-refractivity contribution in [2.45, 2.75) is 58.8 Å². The highest BCUT2D eigenvalue weighted by Crippen LogP contribution is 2.32. The Hall–Kier alpha value is -2.00. The van der Waals surface area contributed by atoms with E-state index in [-0.39, 0.29) is 0 Å². The van der Waals surface area contributed by atoms with E-state index in [4.69, 9.17) is 9.47 Å². The van der Waals surface area contributed by atoms with Gasteiger partial charge in [-0.2, -0.15) is 0 Å². The molecule has 0 N–H and O–H groups in total. The maximum absolute atomic E-state index is 6.13. The highest BCUT2D eigenvalue weighted by molar-refractivity contribution is 5.71. The van der Waals surface area contributed by atoms with Crippen molar-refractivity contribution >= 4 is 0 Å². The van der Waals surface area contributed by atoms with Crippen LogP contribution in [0.5, 0.6) is 11.5 Å². The number of unbranched alkanes of at least 4 members (excludes halogenated alkanes) is 5. The summed E-state index contributed by atoms with van der Waals surface area (Å²) in [6, 6.07) is 16.5. The Morgan fingerprint density at radius 2 is 1.52 bits per heavy atom. The summed E-state index contributed by atoms with van der Waals surface area (Å²) in [5.41, 5.74) is 2.27. The molecule has 3 nitrogen and oxygen atoms in total. The third-order valence-corrected chi connectivity index (χ3v) is 5.18. The van der Waals surface area contributed by atoms with Gasteiger partial charge in [0.25, 0.3) is 0 Å².